The van der Waals surface area contributed by atoms with Gasteiger partial charge in [0.15, 0.2) is 0 Å². The van der Waals surface area contributed by atoms with Crippen molar-refractivity contribution < 1.29 is 22.8 Å². The Balaban J connectivity index is 2.36. The van der Waals surface area contributed by atoms with Gasteiger partial charge in [-0.1, -0.05) is 0 Å². The fourth-order valence-electron chi connectivity index (χ4n) is 1.78. The molecule has 2 aromatic rings. The molecule has 1 aromatic carbocycles. The zero-order chi connectivity index (χ0) is 17.2. The quantitative estimate of drug-likeness (QED) is 0.633. The minimum Gasteiger partial charge on any atom is -0.480 e. The maximum Gasteiger partial charge on any atom is 0.423 e. The van der Waals surface area contributed by atoms with Gasteiger partial charge >= 0.3 is 6.18 Å². The number of hydrogen-bond donors (Lipinski definition) is 0. The van der Waals surface area contributed by atoms with Crippen molar-refractivity contribution in [1.82, 2.24) is 9.97 Å². The number of non-ortho nitro benzene ring substituents is 1. The molecule has 122 valence electrons. The lowest BCUT2D eigenvalue weighted by Gasteiger charge is -2.18. The van der Waals surface area contributed by atoms with E-state index in [-0.39, 0.29) is 11.6 Å². The number of nitrogens with zero attached hydrogens (tertiary/aromatic N) is 4. The Hall–Kier alpha value is -2.91. The number of hydrogen-bond acceptors (Lipinski definition) is 6. The Bertz CT molecular complexity index is 719. The number of aromatic nitrogens is 2. The van der Waals surface area contributed by atoms with Crippen molar-refractivity contribution in [3.05, 3.63) is 46.1 Å². The highest BCUT2D eigenvalue weighted by molar-refractivity contribution is 5.58. The van der Waals surface area contributed by atoms with Crippen LogP contribution in [-0.4, -0.2) is 29.0 Å². The van der Waals surface area contributed by atoms with Crippen LogP contribution in [0, 0.1) is 10.1 Å². The molecule has 0 unspecified atom stereocenters. The van der Waals surface area contributed by atoms with E-state index in [0.717, 1.165) is 7.11 Å². The molecular formula is C13H11F3N4O3. The second-order valence-electron chi connectivity index (χ2n) is 4.42. The summed E-state index contributed by atoms with van der Waals surface area (Å²) in [5.74, 6) is -0.639. The minimum absolute atomic E-state index is 0.0382. The van der Waals surface area contributed by atoms with Gasteiger partial charge in [0.25, 0.3) is 5.69 Å². The van der Waals surface area contributed by atoms with Gasteiger partial charge in [0, 0.05) is 31.1 Å². The zero-order valence-corrected chi connectivity index (χ0v) is 12.0. The third-order valence-corrected chi connectivity index (χ3v) is 2.99. The molecule has 2 rings (SSSR count). The maximum absolute atomic E-state index is 12.8. The first kappa shape index (κ1) is 16.5. The van der Waals surface area contributed by atoms with E-state index in [4.69, 9.17) is 0 Å². The number of nitro groups is 1. The molecule has 0 fully saturated rings. The lowest BCUT2D eigenvalue weighted by molar-refractivity contribution is -0.384. The van der Waals surface area contributed by atoms with Gasteiger partial charge in [0.1, 0.15) is 5.56 Å². The van der Waals surface area contributed by atoms with E-state index < -0.39 is 22.5 Å². The summed E-state index contributed by atoms with van der Waals surface area (Å²) in [4.78, 5) is 18.8. The monoisotopic (exact) mass is 328 g/mol. The summed E-state index contributed by atoms with van der Waals surface area (Å²) in [5.41, 5.74) is -0.716. The second kappa shape index (κ2) is 6.07. The maximum atomic E-state index is 12.8. The zero-order valence-electron chi connectivity index (χ0n) is 12.0. The van der Waals surface area contributed by atoms with E-state index in [9.17, 15) is 23.3 Å². The summed E-state index contributed by atoms with van der Waals surface area (Å²) in [7, 11) is 2.59. The number of methoxy groups -OCH3 is 1. The van der Waals surface area contributed by atoms with E-state index in [0.29, 0.717) is 11.9 Å². The van der Waals surface area contributed by atoms with Crippen LogP contribution < -0.4 is 9.64 Å². The van der Waals surface area contributed by atoms with Gasteiger partial charge < -0.3 is 9.64 Å². The molecule has 23 heavy (non-hydrogen) atoms. The number of ether oxygens (including phenoxy) is 1. The fraction of sp³-hybridized carbons (Fsp3) is 0.231. The van der Waals surface area contributed by atoms with Crippen LogP contribution in [0.3, 0.4) is 0 Å². The molecule has 0 saturated heterocycles. The van der Waals surface area contributed by atoms with Crippen molar-refractivity contribution in [3.8, 4) is 5.88 Å². The molecule has 0 atom stereocenters. The van der Waals surface area contributed by atoms with Gasteiger partial charge in [-0.15, -0.1) is 0 Å². The third kappa shape index (κ3) is 3.47. The van der Waals surface area contributed by atoms with Crippen LogP contribution in [0.15, 0.2) is 30.5 Å². The molecule has 0 radical (unpaired) electrons. The second-order valence-corrected chi connectivity index (χ2v) is 4.42. The first-order chi connectivity index (χ1) is 10.7. The average Bonchev–Trinajstić information content (AvgIpc) is 2.52. The standard InChI is InChI=1S/C13H11F3N4O3/c1-19(8-3-5-9(6-4-8)20(21)22)12-17-7-10(13(14,15)16)11(18-12)23-2/h3-7H,1-2H3. The predicted octanol–water partition coefficient (Wildman–Crippen LogP) is 3.18. The molecule has 1 aromatic heterocycles. The molecule has 0 aliphatic carbocycles. The van der Waals surface area contributed by atoms with E-state index >= 15 is 0 Å². The molecule has 0 amide bonds. The third-order valence-electron chi connectivity index (χ3n) is 2.99. The van der Waals surface area contributed by atoms with Crippen LogP contribution >= 0.6 is 0 Å². The Morgan fingerprint density at radius 3 is 2.35 bits per heavy atom. The Morgan fingerprint density at radius 1 is 1.26 bits per heavy atom. The van der Waals surface area contributed by atoms with E-state index in [1.54, 1.807) is 0 Å². The van der Waals surface area contributed by atoms with Crippen molar-refractivity contribution in [2.45, 2.75) is 6.18 Å². The summed E-state index contributed by atoms with van der Waals surface area (Å²) in [6, 6.07) is 5.41. The highest BCUT2D eigenvalue weighted by Gasteiger charge is 2.36. The van der Waals surface area contributed by atoms with Crippen LogP contribution in [-0.2, 0) is 6.18 Å². The van der Waals surface area contributed by atoms with E-state index in [1.165, 1.54) is 36.2 Å². The van der Waals surface area contributed by atoms with Crippen molar-refractivity contribution in [2.75, 3.05) is 19.1 Å². The van der Waals surface area contributed by atoms with Crippen molar-refractivity contribution in [1.29, 1.82) is 0 Å². The Kier molecular flexibility index (Phi) is 4.34. The van der Waals surface area contributed by atoms with Crippen LogP contribution in [0.4, 0.5) is 30.5 Å². The van der Waals surface area contributed by atoms with E-state index in [2.05, 4.69) is 14.7 Å². The van der Waals surface area contributed by atoms with Crippen LogP contribution in [0.25, 0.3) is 0 Å². The molecule has 0 aliphatic heterocycles. The molecule has 1 heterocycles. The normalized spacial score (nSPS) is 11.2. The van der Waals surface area contributed by atoms with Gasteiger partial charge in [-0.3, -0.25) is 10.1 Å². The first-order valence-electron chi connectivity index (χ1n) is 6.20. The molecule has 7 nitrogen and oxygen atoms in total. The number of halogens is 3. The molecule has 0 N–H and O–H groups in total. The highest BCUT2D eigenvalue weighted by atomic mass is 19.4. The number of rotatable bonds is 4. The SMILES string of the molecule is COc1nc(N(C)c2ccc([N+](=O)[O-])cc2)ncc1C(F)(F)F. The van der Waals surface area contributed by atoms with Crippen LogP contribution in [0.5, 0.6) is 5.88 Å². The van der Waals surface area contributed by atoms with Gasteiger partial charge in [-0.05, 0) is 12.1 Å². The molecule has 0 saturated carbocycles. The Labute approximate surface area is 128 Å². The van der Waals surface area contributed by atoms with Gasteiger partial charge in [0.2, 0.25) is 11.8 Å². The summed E-state index contributed by atoms with van der Waals surface area (Å²) < 4.78 is 43.0. The number of nitro benzene ring substituents is 1. The summed E-state index contributed by atoms with van der Waals surface area (Å²) >= 11 is 0. The smallest absolute Gasteiger partial charge is 0.423 e. The number of benzene rings is 1. The van der Waals surface area contributed by atoms with E-state index in [1.807, 2.05) is 0 Å². The van der Waals surface area contributed by atoms with Crippen molar-refractivity contribution in [2.24, 2.45) is 0 Å². The highest BCUT2D eigenvalue weighted by Crippen LogP contribution is 2.35. The summed E-state index contributed by atoms with van der Waals surface area (Å²) in [5, 5.41) is 10.6. The molecular weight excluding hydrogens is 317 g/mol. The summed E-state index contributed by atoms with van der Waals surface area (Å²) in [6.07, 6.45) is -4.00. The Morgan fingerprint density at radius 2 is 1.87 bits per heavy atom. The number of anilines is 2. The van der Waals surface area contributed by atoms with Crippen LogP contribution in [0.1, 0.15) is 5.56 Å². The predicted molar refractivity (Wildman–Crippen MR) is 74.7 cm³/mol. The van der Waals surface area contributed by atoms with Crippen LogP contribution in [0.2, 0.25) is 0 Å². The molecule has 0 bridgehead atoms. The molecule has 10 heteroatoms. The van der Waals surface area contributed by atoms with Gasteiger partial charge in [-0.25, -0.2) is 4.98 Å². The lowest BCUT2D eigenvalue weighted by atomic mass is 10.2. The fourth-order valence-corrected chi connectivity index (χ4v) is 1.78. The topological polar surface area (TPSA) is 81.4 Å². The molecule has 0 aliphatic rings. The summed E-state index contributed by atoms with van der Waals surface area (Å²) in [6.45, 7) is 0. The first-order valence-corrected chi connectivity index (χ1v) is 6.20. The van der Waals surface area contributed by atoms with Gasteiger partial charge in [-0.2, -0.15) is 18.2 Å². The van der Waals surface area contributed by atoms with Crippen molar-refractivity contribution >= 4 is 17.3 Å². The largest absolute Gasteiger partial charge is 0.480 e. The molecule has 0 spiro atoms. The van der Waals surface area contributed by atoms with Crippen molar-refractivity contribution in [3.63, 3.8) is 0 Å². The lowest BCUT2D eigenvalue weighted by Crippen LogP contribution is -2.16. The van der Waals surface area contributed by atoms with Gasteiger partial charge in [0.05, 0.1) is 12.0 Å². The number of alkyl halides is 3. The average molecular weight is 328 g/mol. The minimum atomic E-state index is -4.63.